The van der Waals surface area contributed by atoms with E-state index >= 15 is 0 Å². The van der Waals surface area contributed by atoms with Gasteiger partial charge in [-0.05, 0) is 25.7 Å². The molecule has 1 N–H and O–H groups in total. The molecular formula is C10H14O4. The lowest BCUT2D eigenvalue weighted by atomic mass is 9.80. The number of aliphatic carboxylic acids is 1. The summed E-state index contributed by atoms with van der Waals surface area (Å²) in [5.41, 5.74) is -1.18. The van der Waals surface area contributed by atoms with E-state index < -0.39 is 11.4 Å². The Hall–Kier alpha value is -1.19. The lowest BCUT2D eigenvalue weighted by Crippen LogP contribution is -2.35. The molecule has 1 rings (SSSR count). The Morgan fingerprint density at radius 3 is 2.71 bits per heavy atom. The summed E-state index contributed by atoms with van der Waals surface area (Å²) in [5.74, 6) is -1.19. The molecule has 1 atom stereocenters. The van der Waals surface area contributed by atoms with Crippen LogP contribution in [0, 0.1) is 5.41 Å². The van der Waals surface area contributed by atoms with Gasteiger partial charge in [0.25, 0.3) is 0 Å². The van der Waals surface area contributed by atoms with Gasteiger partial charge in [-0.25, -0.2) is 0 Å². The quantitative estimate of drug-likeness (QED) is 0.409. The Bertz CT molecular complexity index is 259. The van der Waals surface area contributed by atoms with E-state index in [1.54, 1.807) is 0 Å². The van der Waals surface area contributed by atoms with Crippen LogP contribution in [0.1, 0.15) is 38.5 Å². The third-order valence-electron chi connectivity index (χ3n) is 2.88. The predicted octanol–water partition coefficient (Wildman–Crippen LogP) is 1.18. The fourth-order valence-electron chi connectivity index (χ4n) is 2.01. The Morgan fingerprint density at radius 2 is 2.29 bits per heavy atom. The van der Waals surface area contributed by atoms with Crippen LogP contribution >= 0.6 is 0 Å². The zero-order valence-corrected chi connectivity index (χ0v) is 7.99. The van der Waals surface area contributed by atoms with Gasteiger partial charge in [-0.3, -0.25) is 9.59 Å². The molecule has 0 aromatic heterocycles. The molecule has 78 valence electrons. The molecule has 1 unspecified atom stereocenters. The molecule has 4 heteroatoms. The number of rotatable bonds is 5. The topological polar surface area (TPSA) is 71.4 Å². The molecule has 0 spiro atoms. The van der Waals surface area contributed by atoms with E-state index in [1.807, 2.05) is 0 Å². The number of carbonyl (C=O) groups excluding carboxylic acids is 2. The first kappa shape index (κ1) is 10.9. The summed E-state index contributed by atoms with van der Waals surface area (Å²) in [5, 5.41) is 9.02. The third kappa shape index (κ3) is 1.84. The number of hydrogen-bond acceptors (Lipinski definition) is 3. The van der Waals surface area contributed by atoms with Gasteiger partial charge in [0.2, 0.25) is 0 Å². The zero-order chi connectivity index (χ0) is 10.6. The van der Waals surface area contributed by atoms with Crippen LogP contribution in [0.15, 0.2) is 0 Å². The molecule has 0 amide bonds. The van der Waals surface area contributed by atoms with Crippen LogP contribution in [0.25, 0.3) is 0 Å². The van der Waals surface area contributed by atoms with Crippen molar-refractivity contribution in [2.45, 2.75) is 38.5 Å². The summed E-state index contributed by atoms with van der Waals surface area (Å²) in [6.45, 7) is 0. The van der Waals surface area contributed by atoms with Crippen molar-refractivity contribution in [2.75, 3.05) is 0 Å². The summed E-state index contributed by atoms with van der Waals surface area (Å²) >= 11 is 0. The summed E-state index contributed by atoms with van der Waals surface area (Å²) < 4.78 is 0. The Morgan fingerprint density at radius 1 is 1.57 bits per heavy atom. The number of Topliss-reactive ketones (excluding diaryl/α,β-unsaturated/α-hetero) is 1. The average molecular weight is 198 g/mol. The van der Waals surface area contributed by atoms with E-state index in [-0.39, 0.29) is 5.78 Å². The Labute approximate surface area is 82.3 Å². The van der Waals surface area contributed by atoms with Crippen LogP contribution in [0.5, 0.6) is 0 Å². The lowest BCUT2D eigenvalue weighted by molar-refractivity contribution is -0.154. The number of carboxylic acid groups (broad SMARTS) is 1. The van der Waals surface area contributed by atoms with Crippen molar-refractivity contribution in [3.8, 4) is 0 Å². The predicted molar refractivity (Wildman–Crippen MR) is 48.8 cm³/mol. The van der Waals surface area contributed by atoms with Crippen LogP contribution in [-0.2, 0) is 14.4 Å². The van der Waals surface area contributed by atoms with Crippen LogP contribution in [-0.4, -0.2) is 23.1 Å². The maximum absolute atomic E-state index is 11.5. The zero-order valence-electron chi connectivity index (χ0n) is 7.99. The largest absolute Gasteiger partial charge is 0.480 e. The second kappa shape index (κ2) is 4.35. The van der Waals surface area contributed by atoms with Gasteiger partial charge in [0.1, 0.15) is 17.5 Å². The molecule has 14 heavy (non-hydrogen) atoms. The minimum absolute atomic E-state index is 0.170. The average Bonchev–Trinajstić information content (AvgIpc) is 2.49. The van der Waals surface area contributed by atoms with Crippen molar-refractivity contribution in [3.63, 3.8) is 0 Å². The van der Waals surface area contributed by atoms with Gasteiger partial charge >= 0.3 is 5.97 Å². The van der Waals surface area contributed by atoms with Gasteiger partial charge in [0.15, 0.2) is 0 Å². The number of ketones is 1. The highest BCUT2D eigenvalue weighted by Gasteiger charge is 2.47. The van der Waals surface area contributed by atoms with Crippen molar-refractivity contribution >= 4 is 18.0 Å². The van der Waals surface area contributed by atoms with Gasteiger partial charge in [0.05, 0.1) is 0 Å². The fraction of sp³-hybridized carbons (Fsp3) is 0.700. The van der Waals surface area contributed by atoms with Crippen LogP contribution in [0.3, 0.4) is 0 Å². The van der Waals surface area contributed by atoms with Gasteiger partial charge in [0, 0.05) is 12.8 Å². The van der Waals surface area contributed by atoms with Gasteiger partial charge in [-0.15, -0.1) is 0 Å². The minimum atomic E-state index is -1.18. The number of carboxylic acids is 1. The van der Waals surface area contributed by atoms with Crippen LogP contribution < -0.4 is 0 Å². The molecular weight excluding hydrogens is 184 g/mol. The molecule has 1 aliphatic carbocycles. The van der Waals surface area contributed by atoms with Gasteiger partial charge < -0.3 is 9.90 Å². The number of aldehydes is 1. The molecule has 0 bridgehead atoms. The number of hydrogen-bond donors (Lipinski definition) is 1. The molecule has 0 radical (unpaired) electrons. The molecule has 1 saturated carbocycles. The third-order valence-corrected chi connectivity index (χ3v) is 2.88. The van der Waals surface area contributed by atoms with Crippen molar-refractivity contribution in [2.24, 2.45) is 5.41 Å². The van der Waals surface area contributed by atoms with Crippen molar-refractivity contribution in [3.05, 3.63) is 0 Å². The normalized spacial score (nSPS) is 26.4. The lowest BCUT2D eigenvalue weighted by Gasteiger charge is -2.21. The molecule has 0 aliphatic heterocycles. The van der Waals surface area contributed by atoms with Crippen molar-refractivity contribution < 1.29 is 19.5 Å². The maximum atomic E-state index is 11.5. The monoisotopic (exact) mass is 198 g/mol. The van der Waals surface area contributed by atoms with Gasteiger partial charge in [-0.2, -0.15) is 0 Å². The minimum Gasteiger partial charge on any atom is -0.480 e. The summed E-state index contributed by atoms with van der Waals surface area (Å²) in [7, 11) is 0. The molecule has 1 aliphatic rings. The van der Waals surface area contributed by atoms with Crippen LogP contribution in [0.4, 0.5) is 0 Å². The van der Waals surface area contributed by atoms with Gasteiger partial charge in [-0.1, -0.05) is 0 Å². The fourth-order valence-corrected chi connectivity index (χ4v) is 2.01. The first-order valence-corrected chi connectivity index (χ1v) is 4.84. The van der Waals surface area contributed by atoms with E-state index in [0.717, 1.165) is 6.29 Å². The first-order valence-electron chi connectivity index (χ1n) is 4.84. The SMILES string of the molecule is O=CCCCC1(C(=O)O)CCCC1=O. The Kier molecular flexibility index (Phi) is 3.38. The summed E-state index contributed by atoms with van der Waals surface area (Å²) in [6, 6.07) is 0. The molecule has 0 saturated heterocycles. The molecule has 0 heterocycles. The van der Waals surface area contributed by atoms with Crippen LogP contribution in [0.2, 0.25) is 0 Å². The standard InChI is InChI=1S/C10H14O4/c11-7-2-1-5-10(9(13)14)6-3-4-8(10)12/h7H,1-6H2,(H,13,14). The highest BCUT2D eigenvalue weighted by Crippen LogP contribution is 2.39. The van der Waals surface area contributed by atoms with E-state index in [1.165, 1.54) is 0 Å². The van der Waals surface area contributed by atoms with E-state index in [9.17, 15) is 14.4 Å². The number of carbonyl (C=O) groups is 3. The first-order chi connectivity index (χ1) is 6.63. The molecule has 0 aromatic rings. The molecule has 1 fully saturated rings. The van der Waals surface area contributed by atoms with E-state index in [4.69, 9.17) is 5.11 Å². The highest BCUT2D eigenvalue weighted by molar-refractivity contribution is 6.04. The summed E-state index contributed by atoms with van der Waals surface area (Å²) in [4.78, 5) is 32.6. The maximum Gasteiger partial charge on any atom is 0.317 e. The molecule has 4 nitrogen and oxygen atoms in total. The summed E-state index contributed by atoms with van der Waals surface area (Å²) in [6.07, 6.45) is 3.35. The highest BCUT2D eigenvalue weighted by atomic mass is 16.4. The van der Waals surface area contributed by atoms with E-state index in [2.05, 4.69) is 0 Å². The second-order valence-corrected chi connectivity index (χ2v) is 3.72. The van der Waals surface area contributed by atoms with Crippen molar-refractivity contribution in [1.29, 1.82) is 0 Å². The molecule has 0 aromatic carbocycles. The van der Waals surface area contributed by atoms with Crippen molar-refractivity contribution in [1.82, 2.24) is 0 Å². The number of unbranched alkanes of at least 4 members (excludes halogenated alkanes) is 1. The second-order valence-electron chi connectivity index (χ2n) is 3.72. The van der Waals surface area contributed by atoms with E-state index in [0.29, 0.717) is 38.5 Å². The smallest absolute Gasteiger partial charge is 0.317 e. The Balaban J connectivity index is 2.67.